The van der Waals surface area contributed by atoms with Crippen molar-refractivity contribution in [2.45, 2.75) is 13.5 Å². The van der Waals surface area contributed by atoms with Gasteiger partial charge in [0.25, 0.3) is 0 Å². The molecule has 0 aliphatic heterocycles. The summed E-state index contributed by atoms with van der Waals surface area (Å²) in [7, 11) is 0. The van der Waals surface area contributed by atoms with Crippen LogP contribution in [0.5, 0.6) is 5.75 Å². The number of benzene rings is 2. The average molecular weight is 360 g/mol. The van der Waals surface area contributed by atoms with E-state index in [4.69, 9.17) is 25.4 Å². The van der Waals surface area contributed by atoms with Crippen molar-refractivity contribution in [1.82, 2.24) is 0 Å². The van der Waals surface area contributed by atoms with E-state index in [1.807, 2.05) is 55.5 Å². The van der Waals surface area contributed by atoms with Crippen LogP contribution in [0.3, 0.4) is 0 Å². The third-order valence-corrected chi connectivity index (χ3v) is 5.54. The first kappa shape index (κ1) is 18.6. The molecule has 24 heavy (non-hydrogen) atoms. The quantitative estimate of drug-likeness (QED) is 0.526. The van der Waals surface area contributed by atoms with Gasteiger partial charge in [-0.15, -0.1) is 0 Å². The summed E-state index contributed by atoms with van der Waals surface area (Å²) in [6.07, 6.45) is 3.57. The van der Waals surface area contributed by atoms with E-state index < -0.39 is 6.72 Å². The molecule has 0 aliphatic carbocycles. The van der Waals surface area contributed by atoms with Gasteiger partial charge in [-0.3, -0.25) is 9.05 Å². The van der Waals surface area contributed by atoms with Crippen LogP contribution in [0.25, 0.3) is 12.2 Å². The highest BCUT2D eigenvalue weighted by molar-refractivity contribution is 8.07. The fourth-order valence-electron chi connectivity index (χ4n) is 1.95. The molecule has 0 fully saturated rings. The van der Waals surface area contributed by atoms with Gasteiger partial charge in [-0.25, -0.2) is 0 Å². The first-order chi connectivity index (χ1) is 11.6. The van der Waals surface area contributed by atoms with Gasteiger partial charge in [0, 0.05) is 11.8 Å². The largest absolute Gasteiger partial charge is 0.424 e. The van der Waals surface area contributed by atoms with E-state index in [9.17, 15) is 0 Å². The third kappa shape index (κ3) is 5.43. The Morgan fingerprint density at radius 2 is 1.46 bits per heavy atom. The summed E-state index contributed by atoms with van der Waals surface area (Å²) in [6.45, 7) is 7.24. The topological polar surface area (TPSA) is 27.7 Å². The van der Waals surface area contributed by atoms with Crippen LogP contribution in [-0.4, -0.2) is 6.61 Å². The molecule has 126 valence electrons. The minimum atomic E-state index is -2.86. The summed E-state index contributed by atoms with van der Waals surface area (Å²) >= 11 is 5.50. The molecule has 2 aromatic carbocycles. The highest BCUT2D eigenvalue weighted by Crippen LogP contribution is 2.50. The van der Waals surface area contributed by atoms with Crippen molar-refractivity contribution in [2.24, 2.45) is 0 Å². The molecule has 1 atom stereocenters. The summed E-state index contributed by atoms with van der Waals surface area (Å²) in [5.74, 6) is 0.624. The van der Waals surface area contributed by atoms with Crippen LogP contribution in [0.4, 0.5) is 0 Å². The molecular weight excluding hydrogens is 339 g/mol. The Balaban J connectivity index is 2.05. The Bertz CT molecular complexity index is 723. The van der Waals surface area contributed by atoms with Gasteiger partial charge in [-0.05, 0) is 35.7 Å². The molecule has 5 heteroatoms. The second kappa shape index (κ2) is 8.95. The smallest absolute Gasteiger partial charge is 0.380 e. The highest BCUT2D eigenvalue weighted by Gasteiger charge is 2.22. The molecule has 0 aliphatic rings. The van der Waals surface area contributed by atoms with Crippen LogP contribution in [0, 0.1) is 0 Å². The Kier molecular flexibility index (Phi) is 6.95. The van der Waals surface area contributed by atoms with Crippen LogP contribution in [0.1, 0.15) is 23.6 Å². The van der Waals surface area contributed by atoms with E-state index in [0.717, 1.165) is 16.7 Å². The van der Waals surface area contributed by atoms with Gasteiger partial charge in [-0.1, -0.05) is 61.7 Å². The van der Waals surface area contributed by atoms with Crippen molar-refractivity contribution in [3.63, 3.8) is 0 Å². The van der Waals surface area contributed by atoms with E-state index >= 15 is 0 Å². The molecule has 0 radical (unpaired) electrons. The lowest BCUT2D eigenvalue weighted by Gasteiger charge is -2.22. The molecule has 0 aromatic heterocycles. The molecule has 0 heterocycles. The Hall–Kier alpha value is -1.71. The molecule has 2 aromatic rings. The summed E-state index contributed by atoms with van der Waals surface area (Å²) in [4.78, 5) is 0. The van der Waals surface area contributed by atoms with Crippen LogP contribution in [-0.2, 0) is 27.5 Å². The van der Waals surface area contributed by atoms with Gasteiger partial charge in [0.15, 0.2) is 0 Å². The summed E-state index contributed by atoms with van der Waals surface area (Å²) < 4.78 is 17.3. The monoisotopic (exact) mass is 360 g/mol. The zero-order valence-corrected chi connectivity index (χ0v) is 15.4. The van der Waals surface area contributed by atoms with Gasteiger partial charge in [0.2, 0.25) is 0 Å². The lowest BCUT2D eigenvalue weighted by Crippen LogP contribution is -2.02. The van der Waals surface area contributed by atoms with Gasteiger partial charge < -0.3 is 4.52 Å². The first-order valence-electron chi connectivity index (χ1n) is 7.61. The normalized spacial score (nSPS) is 13.0. The molecule has 0 amide bonds. The maximum Gasteiger partial charge on any atom is 0.380 e. The predicted molar refractivity (Wildman–Crippen MR) is 104 cm³/mol. The fourth-order valence-corrected chi connectivity index (χ4v) is 3.86. The summed E-state index contributed by atoms with van der Waals surface area (Å²) in [5, 5.41) is 0. The van der Waals surface area contributed by atoms with E-state index in [1.165, 1.54) is 0 Å². The molecule has 0 saturated heterocycles. The predicted octanol–water partition coefficient (Wildman–Crippen LogP) is 5.83. The second-order valence-corrected chi connectivity index (χ2v) is 7.88. The van der Waals surface area contributed by atoms with Crippen LogP contribution in [0.2, 0.25) is 0 Å². The lowest BCUT2D eigenvalue weighted by atomic mass is 10.1. The van der Waals surface area contributed by atoms with Crippen molar-refractivity contribution in [3.05, 3.63) is 78.4 Å². The molecule has 1 unspecified atom stereocenters. The van der Waals surface area contributed by atoms with E-state index in [1.54, 1.807) is 12.2 Å². The third-order valence-electron chi connectivity index (χ3n) is 3.22. The van der Waals surface area contributed by atoms with Crippen molar-refractivity contribution in [1.29, 1.82) is 0 Å². The SMILES string of the molecule is C=Cc1ccc(COP(=S)(OCC)Oc2ccc(C=C)cc2)cc1. The molecule has 0 bridgehead atoms. The standard InChI is InChI=1S/C19H21O3PS/c1-4-16-7-9-18(10-8-16)15-21-23(24,20-6-3)22-19-13-11-17(5-2)12-14-19/h4-5,7-14H,1-2,6,15H2,3H3. The van der Waals surface area contributed by atoms with Crippen molar-refractivity contribution >= 4 is 30.7 Å². The maximum atomic E-state index is 5.84. The van der Waals surface area contributed by atoms with Gasteiger partial charge in [-0.2, -0.15) is 0 Å². The van der Waals surface area contributed by atoms with E-state index in [-0.39, 0.29) is 0 Å². The minimum absolute atomic E-state index is 0.333. The van der Waals surface area contributed by atoms with E-state index in [2.05, 4.69) is 13.2 Å². The van der Waals surface area contributed by atoms with Gasteiger partial charge >= 0.3 is 6.72 Å². The zero-order chi connectivity index (χ0) is 17.4. The first-order valence-corrected chi connectivity index (χ1v) is 10.2. The molecular formula is C19H21O3PS. The molecule has 2 rings (SSSR count). The minimum Gasteiger partial charge on any atom is -0.424 e. The second-order valence-electron chi connectivity index (χ2n) is 4.95. The van der Waals surface area contributed by atoms with Gasteiger partial charge in [0.1, 0.15) is 5.75 Å². The summed E-state index contributed by atoms with van der Waals surface area (Å²) in [5.41, 5.74) is 3.07. The number of hydrogen-bond donors (Lipinski definition) is 0. The fraction of sp³-hybridized carbons (Fsp3) is 0.158. The molecule has 3 nitrogen and oxygen atoms in total. The lowest BCUT2D eigenvalue weighted by molar-refractivity contribution is 0.202. The van der Waals surface area contributed by atoms with Crippen LogP contribution >= 0.6 is 6.72 Å². The van der Waals surface area contributed by atoms with Crippen molar-refractivity contribution in [2.75, 3.05) is 6.61 Å². The van der Waals surface area contributed by atoms with Crippen molar-refractivity contribution < 1.29 is 13.6 Å². The molecule has 0 spiro atoms. The number of rotatable bonds is 9. The molecule has 0 saturated carbocycles. The van der Waals surface area contributed by atoms with Crippen LogP contribution in [0.15, 0.2) is 61.7 Å². The summed E-state index contributed by atoms with van der Waals surface area (Å²) in [6, 6.07) is 15.4. The average Bonchev–Trinajstić information content (AvgIpc) is 2.61. The highest BCUT2D eigenvalue weighted by atomic mass is 32.5. The Morgan fingerprint density at radius 1 is 0.917 bits per heavy atom. The molecule has 0 N–H and O–H groups in total. The maximum absolute atomic E-state index is 5.84. The van der Waals surface area contributed by atoms with Crippen LogP contribution < -0.4 is 4.52 Å². The van der Waals surface area contributed by atoms with E-state index in [0.29, 0.717) is 19.0 Å². The number of hydrogen-bond acceptors (Lipinski definition) is 4. The van der Waals surface area contributed by atoms with Crippen molar-refractivity contribution in [3.8, 4) is 5.75 Å². The Morgan fingerprint density at radius 3 is 1.96 bits per heavy atom. The van der Waals surface area contributed by atoms with Gasteiger partial charge in [0.05, 0.1) is 13.2 Å². The zero-order valence-electron chi connectivity index (χ0n) is 13.7. The Labute approximate surface area is 148 Å².